The van der Waals surface area contributed by atoms with Crippen molar-refractivity contribution in [3.63, 3.8) is 0 Å². The summed E-state index contributed by atoms with van der Waals surface area (Å²) in [5, 5.41) is 3.36. The van der Waals surface area contributed by atoms with E-state index >= 15 is 0 Å². The van der Waals surface area contributed by atoms with Crippen molar-refractivity contribution in [3.05, 3.63) is 71.8 Å². The van der Waals surface area contributed by atoms with Crippen molar-refractivity contribution < 1.29 is 9.53 Å². The lowest BCUT2D eigenvalue weighted by Crippen LogP contribution is -2.70. The Labute approximate surface area is 155 Å². The number of carbonyl (C=O) groups excluding carboxylic acids is 1. The quantitative estimate of drug-likeness (QED) is 0.901. The third-order valence-corrected chi connectivity index (χ3v) is 5.78. The molecule has 0 unspecified atom stereocenters. The smallest absolute Gasteiger partial charge is 0.232 e. The second-order valence-corrected chi connectivity index (χ2v) is 7.53. The zero-order chi connectivity index (χ0) is 18.1. The minimum absolute atomic E-state index is 0.0737. The van der Waals surface area contributed by atoms with Gasteiger partial charge in [0.05, 0.1) is 24.1 Å². The summed E-state index contributed by atoms with van der Waals surface area (Å²) in [6.07, 6.45) is 1.28. The number of likely N-dealkylation sites (N-methyl/N-ethyl adjacent to an activating group) is 1. The summed E-state index contributed by atoms with van der Waals surface area (Å²) in [6.45, 7) is 0.798. The standard InChI is InChI=1S/C22H26N2O2/c1-24(2)20-19(17-13-14-26-21(17)20)23-22(25)18(15-9-5-3-6-10-15)16-11-7-4-8-12-16/h3-12,17-21H,13-14H2,1-2H3,(H,23,25)/t17-,19+,20-,21-/m1/s1. The molecular formula is C22H26N2O2. The molecule has 1 amide bonds. The molecule has 2 aliphatic rings. The van der Waals surface area contributed by atoms with Crippen LogP contribution in [0.4, 0.5) is 0 Å². The summed E-state index contributed by atoms with van der Waals surface area (Å²) in [5.74, 6) is 0.213. The Hall–Kier alpha value is -2.17. The number of ether oxygens (including phenoxy) is 1. The summed E-state index contributed by atoms with van der Waals surface area (Å²) in [7, 11) is 4.13. The minimum Gasteiger partial charge on any atom is -0.376 e. The van der Waals surface area contributed by atoms with Crippen LogP contribution in [-0.2, 0) is 9.53 Å². The van der Waals surface area contributed by atoms with E-state index in [0.29, 0.717) is 5.92 Å². The number of amides is 1. The summed E-state index contributed by atoms with van der Waals surface area (Å²) in [4.78, 5) is 15.5. The first kappa shape index (κ1) is 17.3. The summed E-state index contributed by atoms with van der Waals surface area (Å²) < 4.78 is 5.87. The molecule has 4 atom stereocenters. The fourth-order valence-corrected chi connectivity index (χ4v) is 4.52. The molecule has 1 aliphatic heterocycles. The van der Waals surface area contributed by atoms with Crippen molar-refractivity contribution in [3.8, 4) is 0 Å². The predicted octanol–water partition coefficient (Wildman–Crippen LogP) is 2.65. The Morgan fingerprint density at radius 1 is 1.04 bits per heavy atom. The molecule has 4 nitrogen and oxygen atoms in total. The van der Waals surface area contributed by atoms with Gasteiger partial charge in [-0.15, -0.1) is 0 Å². The monoisotopic (exact) mass is 350 g/mol. The van der Waals surface area contributed by atoms with Crippen LogP contribution >= 0.6 is 0 Å². The van der Waals surface area contributed by atoms with Gasteiger partial charge in [0, 0.05) is 12.5 Å². The Kier molecular flexibility index (Phi) is 4.79. The number of rotatable bonds is 5. The van der Waals surface area contributed by atoms with E-state index in [4.69, 9.17) is 4.74 Å². The van der Waals surface area contributed by atoms with Gasteiger partial charge in [-0.1, -0.05) is 60.7 Å². The van der Waals surface area contributed by atoms with E-state index in [9.17, 15) is 4.79 Å². The average molecular weight is 350 g/mol. The molecule has 2 fully saturated rings. The fourth-order valence-electron chi connectivity index (χ4n) is 4.52. The van der Waals surface area contributed by atoms with Crippen molar-refractivity contribution in [2.75, 3.05) is 20.7 Å². The van der Waals surface area contributed by atoms with Crippen LogP contribution in [0.3, 0.4) is 0 Å². The lowest BCUT2D eigenvalue weighted by molar-refractivity contribution is -0.128. The molecular weight excluding hydrogens is 324 g/mol. The Morgan fingerprint density at radius 3 is 2.15 bits per heavy atom. The molecule has 136 valence electrons. The van der Waals surface area contributed by atoms with Gasteiger partial charge in [-0.3, -0.25) is 4.79 Å². The molecule has 0 spiro atoms. The minimum atomic E-state index is -0.290. The van der Waals surface area contributed by atoms with E-state index in [1.54, 1.807) is 0 Å². The van der Waals surface area contributed by atoms with E-state index in [1.807, 2.05) is 60.7 Å². The van der Waals surface area contributed by atoms with E-state index in [1.165, 1.54) is 0 Å². The van der Waals surface area contributed by atoms with Crippen LogP contribution in [0.15, 0.2) is 60.7 Å². The van der Waals surface area contributed by atoms with Crippen molar-refractivity contribution in [1.82, 2.24) is 10.2 Å². The average Bonchev–Trinajstić information content (AvgIpc) is 3.05. The summed E-state index contributed by atoms with van der Waals surface area (Å²) >= 11 is 0. The lowest BCUT2D eigenvalue weighted by atomic mass is 9.70. The van der Waals surface area contributed by atoms with Gasteiger partial charge in [-0.25, -0.2) is 0 Å². The Balaban J connectivity index is 1.59. The van der Waals surface area contributed by atoms with Gasteiger partial charge in [-0.2, -0.15) is 0 Å². The van der Waals surface area contributed by atoms with Crippen LogP contribution in [0.25, 0.3) is 0 Å². The first-order valence-corrected chi connectivity index (χ1v) is 9.35. The molecule has 1 N–H and O–H groups in total. The molecule has 0 aromatic heterocycles. The van der Waals surface area contributed by atoms with Crippen LogP contribution in [0.2, 0.25) is 0 Å². The predicted molar refractivity (Wildman–Crippen MR) is 102 cm³/mol. The van der Waals surface area contributed by atoms with Gasteiger partial charge >= 0.3 is 0 Å². The van der Waals surface area contributed by atoms with Crippen LogP contribution < -0.4 is 5.32 Å². The maximum absolute atomic E-state index is 13.3. The highest BCUT2D eigenvalue weighted by molar-refractivity contribution is 5.87. The number of hydrogen-bond acceptors (Lipinski definition) is 3. The van der Waals surface area contributed by atoms with E-state index in [0.717, 1.165) is 24.2 Å². The van der Waals surface area contributed by atoms with Crippen molar-refractivity contribution in [1.29, 1.82) is 0 Å². The number of benzene rings is 2. The zero-order valence-corrected chi connectivity index (χ0v) is 15.3. The lowest BCUT2D eigenvalue weighted by Gasteiger charge is -2.51. The van der Waals surface area contributed by atoms with Crippen LogP contribution in [0.1, 0.15) is 23.5 Å². The van der Waals surface area contributed by atoms with E-state index < -0.39 is 0 Å². The largest absolute Gasteiger partial charge is 0.376 e. The SMILES string of the molecule is CN(C)[C@@H]1[C@@H](NC(=O)C(c2ccccc2)c2ccccc2)[C@H]2CCO[C@H]21. The first-order chi connectivity index (χ1) is 12.7. The second kappa shape index (κ2) is 7.22. The normalized spacial score (nSPS) is 27.2. The van der Waals surface area contributed by atoms with Gasteiger partial charge in [0.1, 0.15) is 0 Å². The first-order valence-electron chi connectivity index (χ1n) is 9.35. The topological polar surface area (TPSA) is 41.6 Å². The molecule has 2 aromatic carbocycles. The van der Waals surface area contributed by atoms with Gasteiger partial charge in [0.2, 0.25) is 5.91 Å². The van der Waals surface area contributed by atoms with Crippen LogP contribution in [-0.4, -0.2) is 49.7 Å². The molecule has 26 heavy (non-hydrogen) atoms. The highest BCUT2D eigenvalue weighted by Crippen LogP contribution is 2.41. The number of fused-ring (bicyclic) bond motifs is 1. The molecule has 4 heteroatoms. The summed E-state index contributed by atoms with van der Waals surface area (Å²) in [5.41, 5.74) is 2.05. The molecule has 1 saturated carbocycles. The van der Waals surface area contributed by atoms with E-state index in [2.05, 4.69) is 24.3 Å². The molecule has 4 rings (SSSR count). The maximum atomic E-state index is 13.3. The second-order valence-electron chi connectivity index (χ2n) is 7.53. The number of carbonyl (C=O) groups is 1. The maximum Gasteiger partial charge on any atom is 0.232 e. The van der Waals surface area contributed by atoms with E-state index in [-0.39, 0.29) is 30.0 Å². The number of hydrogen-bond donors (Lipinski definition) is 1. The van der Waals surface area contributed by atoms with Crippen LogP contribution in [0.5, 0.6) is 0 Å². The molecule has 1 saturated heterocycles. The zero-order valence-electron chi connectivity index (χ0n) is 15.3. The third-order valence-electron chi connectivity index (χ3n) is 5.78. The third kappa shape index (κ3) is 3.04. The molecule has 0 radical (unpaired) electrons. The molecule has 1 heterocycles. The van der Waals surface area contributed by atoms with Gasteiger partial charge < -0.3 is 15.0 Å². The van der Waals surface area contributed by atoms with Crippen LogP contribution in [0, 0.1) is 5.92 Å². The summed E-state index contributed by atoms with van der Waals surface area (Å²) in [6, 6.07) is 20.5. The van der Waals surface area contributed by atoms with Gasteiger partial charge in [0.25, 0.3) is 0 Å². The molecule has 1 aliphatic carbocycles. The number of nitrogens with one attached hydrogen (secondary N) is 1. The van der Waals surface area contributed by atoms with Crippen molar-refractivity contribution in [2.45, 2.75) is 30.5 Å². The van der Waals surface area contributed by atoms with Crippen molar-refractivity contribution >= 4 is 5.91 Å². The highest BCUT2D eigenvalue weighted by atomic mass is 16.5. The fraction of sp³-hybridized carbons (Fsp3) is 0.409. The molecule has 0 bridgehead atoms. The Bertz CT molecular complexity index is 708. The number of nitrogens with zero attached hydrogens (tertiary/aromatic N) is 1. The highest BCUT2D eigenvalue weighted by Gasteiger charge is 2.55. The van der Waals surface area contributed by atoms with Crippen molar-refractivity contribution in [2.24, 2.45) is 5.92 Å². The molecule has 2 aromatic rings. The van der Waals surface area contributed by atoms with Gasteiger partial charge in [-0.05, 0) is 31.6 Å². The Morgan fingerprint density at radius 2 is 1.62 bits per heavy atom. The van der Waals surface area contributed by atoms with Gasteiger partial charge in [0.15, 0.2) is 0 Å².